The van der Waals surface area contributed by atoms with E-state index in [0.29, 0.717) is 0 Å². The summed E-state index contributed by atoms with van der Waals surface area (Å²) in [5.74, 6) is -4.04. The van der Waals surface area contributed by atoms with Gasteiger partial charge in [0.05, 0.1) is 45.3 Å². The number of carboxylic acid groups (broad SMARTS) is 2. The lowest BCUT2D eigenvalue weighted by Gasteiger charge is -2.12. The minimum Gasteiger partial charge on any atom is -0.479 e. The van der Waals surface area contributed by atoms with Gasteiger partial charge in [-0.25, -0.2) is 9.59 Å². The van der Waals surface area contributed by atoms with Gasteiger partial charge in [-0.05, 0) is 72.8 Å². The van der Waals surface area contributed by atoms with Crippen molar-refractivity contribution in [1.82, 2.24) is 15.0 Å². The Morgan fingerprint density at radius 1 is 0.433 bits per heavy atom. The number of carbonyl (C=O) groups is 2. The number of aromatic nitrogens is 3. The van der Waals surface area contributed by atoms with E-state index >= 15 is 0 Å². The SMILES string of the molecule is O=C(O)c1cc(N=Nc2cc(S(=O)(=O)O)c3cccc(S(=O)(=O)O)c3c2)ccc1Nc1nc(O)nc(Nc2ccc(N=Nc3cc(S(=O)(=O)O)c4cccc(S(=O)(=O)O)c4c3)cc2C(=O)O)n1. The largest absolute Gasteiger partial charge is 0.479 e. The number of nitrogens with one attached hydrogen (secondary N) is 2. The molecule has 0 saturated carbocycles. The maximum absolute atomic E-state index is 12.3. The third kappa shape index (κ3) is 10.5. The molecule has 0 spiro atoms. The molecule has 7 aromatic rings. The van der Waals surface area contributed by atoms with Crippen LogP contribution in [0.2, 0.25) is 0 Å². The molecule has 0 aliphatic rings. The average Bonchev–Trinajstić information content (AvgIpc) is 3.22. The zero-order valence-corrected chi connectivity index (χ0v) is 36.0. The van der Waals surface area contributed by atoms with Gasteiger partial charge in [-0.3, -0.25) is 18.2 Å². The summed E-state index contributed by atoms with van der Waals surface area (Å²) in [6.45, 7) is 0. The first-order valence-electron chi connectivity index (χ1n) is 17.9. The van der Waals surface area contributed by atoms with E-state index in [1.165, 1.54) is 24.3 Å². The number of anilines is 4. The predicted molar refractivity (Wildman–Crippen MR) is 230 cm³/mol. The van der Waals surface area contributed by atoms with Gasteiger partial charge in [0.2, 0.25) is 11.9 Å². The molecule has 9 N–H and O–H groups in total. The van der Waals surface area contributed by atoms with Crippen LogP contribution in [0.3, 0.4) is 0 Å². The lowest BCUT2D eigenvalue weighted by Crippen LogP contribution is -2.08. The molecule has 67 heavy (non-hydrogen) atoms. The Kier molecular flexibility index (Phi) is 12.2. The van der Waals surface area contributed by atoms with Gasteiger partial charge in [0.1, 0.15) is 19.6 Å². The van der Waals surface area contributed by atoms with Crippen molar-refractivity contribution in [3.8, 4) is 6.01 Å². The van der Waals surface area contributed by atoms with Gasteiger partial charge in [-0.2, -0.15) is 69.1 Å². The molecule has 0 aliphatic heterocycles. The third-order valence-electron chi connectivity index (χ3n) is 9.06. The standard InChI is InChI=1S/C37H25N9O17S4/c47-33(48)25-11-17(43-45-19-13-23-21(31(15-19)66(58,59)60)3-1-5-29(23)64(52,53)54)7-9-27(25)38-35-40-36(42-37(51)41-35)39-28-10-8-18(12-26(28)34(49)50)44-46-20-14-24-22(32(16-20)67(61,62)63)4-2-6-30(24)65(55,56)57/h1-16H,(H,47,48)(H,49,50)(H,52,53,54)(H,55,56,57)(H,58,59,60)(H,61,62,63)(H3,38,39,40,41,42,51). The van der Waals surface area contributed by atoms with E-state index in [4.69, 9.17) is 0 Å². The van der Waals surface area contributed by atoms with Crippen LogP contribution in [0.5, 0.6) is 6.01 Å². The molecule has 0 aliphatic carbocycles. The summed E-state index contributed by atoms with van der Waals surface area (Å²) in [6.07, 6.45) is 0. The number of rotatable bonds is 14. The van der Waals surface area contributed by atoms with E-state index in [1.54, 1.807) is 0 Å². The second kappa shape index (κ2) is 17.4. The monoisotopic (exact) mass is 995 g/mol. The first-order valence-corrected chi connectivity index (χ1v) is 23.6. The van der Waals surface area contributed by atoms with Crippen LogP contribution >= 0.6 is 0 Å². The Morgan fingerprint density at radius 2 is 0.791 bits per heavy atom. The van der Waals surface area contributed by atoms with Crippen LogP contribution in [-0.2, 0) is 40.5 Å². The Morgan fingerprint density at radius 3 is 1.13 bits per heavy atom. The molecule has 0 atom stereocenters. The van der Waals surface area contributed by atoms with Gasteiger partial charge in [0.25, 0.3) is 40.5 Å². The average molecular weight is 996 g/mol. The Bertz CT molecular complexity index is 3550. The smallest absolute Gasteiger partial charge is 0.337 e. The van der Waals surface area contributed by atoms with Crippen LogP contribution in [0.1, 0.15) is 20.7 Å². The van der Waals surface area contributed by atoms with Crippen molar-refractivity contribution >= 4 is 120 Å². The third-order valence-corrected chi connectivity index (χ3v) is 12.7. The van der Waals surface area contributed by atoms with E-state index in [9.17, 15) is 76.8 Å². The van der Waals surface area contributed by atoms with E-state index in [0.717, 1.165) is 72.8 Å². The second-order valence-electron chi connectivity index (χ2n) is 13.5. The maximum atomic E-state index is 12.3. The molecule has 1 aromatic heterocycles. The summed E-state index contributed by atoms with van der Waals surface area (Å²) in [4.78, 5) is 33.1. The molecule has 344 valence electrons. The number of carboxylic acids is 2. The van der Waals surface area contributed by atoms with Crippen LogP contribution in [0.15, 0.2) is 137 Å². The fraction of sp³-hybridized carbons (Fsp3) is 0. The van der Waals surface area contributed by atoms with Crippen molar-refractivity contribution < 1.29 is 76.8 Å². The first-order chi connectivity index (χ1) is 31.3. The summed E-state index contributed by atoms with van der Waals surface area (Å²) < 4.78 is 136. The summed E-state index contributed by atoms with van der Waals surface area (Å²) in [5, 5.41) is 49.7. The van der Waals surface area contributed by atoms with Crippen molar-refractivity contribution in [2.24, 2.45) is 20.5 Å². The fourth-order valence-corrected chi connectivity index (χ4v) is 9.17. The van der Waals surface area contributed by atoms with Crippen molar-refractivity contribution in [3.05, 3.63) is 108 Å². The van der Waals surface area contributed by atoms with E-state index < -0.39 is 101 Å². The van der Waals surface area contributed by atoms with Crippen LogP contribution in [0.4, 0.5) is 46.0 Å². The molecular weight excluding hydrogens is 971 g/mol. The highest BCUT2D eigenvalue weighted by atomic mass is 32.2. The highest BCUT2D eigenvalue weighted by molar-refractivity contribution is 7.87. The van der Waals surface area contributed by atoms with Crippen molar-refractivity contribution in [1.29, 1.82) is 0 Å². The first kappa shape index (κ1) is 47.0. The van der Waals surface area contributed by atoms with Crippen LogP contribution in [0, 0.1) is 0 Å². The summed E-state index contributed by atoms with van der Waals surface area (Å²) >= 11 is 0. The lowest BCUT2D eigenvalue weighted by molar-refractivity contribution is 0.0687. The number of azo groups is 2. The van der Waals surface area contributed by atoms with Crippen LogP contribution in [0.25, 0.3) is 21.5 Å². The van der Waals surface area contributed by atoms with Gasteiger partial charge >= 0.3 is 17.9 Å². The van der Waals surface area contributed by atoms with Gasteiger partial charge < -0.3 is 26.0 Å². The molecule has 0 radical (unpaired) electrons. The molecule has 30 heteroatoms. The maximum Gasteiger partial charge on any atom is 0.337 e. The number of aromatic carboxylic acids is 2. The number of hydrogen-bond donors (Lipinski definition) is 9. The number of fused-ring (bicyclic) bond motifs is 2. The Hall–Kier alpha value is -7.97. The normalized spacial score (nSPS) is 12.5. The Balaban J connectivity index is 1.15. The molecule has 7 rings (SSSR count). The molecule has 1 heterocycles. The van der Waals surface area contributed by atoms with Crippen molar-refractivity contribution in [2.45, 2.75) is 19.6 Å². The van der Waals surface area contributed by atoms with E-state index in [1.807, 2.05) is 0 Å². The number of hydrogen-bond acceptors (Lipinski definition) is 20. The zero-order chi connectivity index (χ0) is 48.8. The van der Waals surface area contributed by atoms with Crippen LogP contribution in [-0.4, -0.2) is 94.1 Å². The highest BCUT2D eigenvalue weighted by Crippen LogP contribution is 2.36. The minimum absolute atomic E-state index is 0.157. The van der Waals surface area contributed by atoms with Crippen LogP contribution < -0.4 is 10.6 Å². The summed E-state index contributed by atoms with van der Waals surface area (Å²) in [6, 6.07) is 16.2. The molecule has 26 nitrogen and oxygen atoms in total. The fourth-order valence-electron chi connectivity index (χ4n) is 6.32. The second-order valence-corrected chi connectivity index (χ2v) is 19.1. The number of aromatic hydroxyl groups is 1. The number of benzene rings is 6. The minimum atomic E-state index is -4.98. The van der Waals surface area contributed by atoms with Gasteiger partial charge in [0.15, 0.2) is 0 Å². The van der Waals surface area contributed by atoms with Gasteiger partial charge in [0, 0.05) is 21.5 Å². The molecule has 0 amide bonds. The molecule has 0 unspecified atom stereocenters. The molecule has 0 saturated heterocycles. The Labute approximate surface area is 375 Å². The van der Waals surface area contributed by atoms with Gasteiger partial charge in [-0.15, -0.1) is 0 Å². The molecule has 0 fully saturated rings. The predicted octanol–water partition coefficient (Wildman–Crippen LogP) is 6.58. The summed E-state index contributed by atoms with van der Waals surface area (Å²) in [5.41, 5.74) is -2.38. The highest BCUT2D eigenvalue weighted by Gasteiger charge is 2.24. The van der Waals surface area contributed by atoms with Gasteiger partial charge in [-0.1, -0.05) is 24.3 Å². The molecular formula is C37H25N9O17S4. The molecule has 0 bridgehead atoms. The van der Waals surface area contributed by atoms with E-state index in [-0.39, 0.29) is 55.7 Å². The molecule has 6 aromatic carbocycles. The lowest BCUT2D eigenvalue weighted by atomic mass is 10.1. The van der Waals surface area contributed by atoms with E-state index in [2.05, 4.69) is 46.0 Å². The van der Waals surface area contributed by atoms with Crippen molar-refractivity contribution in [3.63, 3.8) is 0 Å². The topological polar surface area (TPSA) is 424 Å². The number of nitrogens with zero attached hydrogens (tertiary/aromatic N) is 7. The quantitative estimate of drug-likeness (QED) is 0.0410. The zero-order valence-electron chi connectivity index (χ0n) is 32.7. The van der Waals surface area contributed by atoms with Crippen molar-refractivity contribution in [2.75, 3.05) is 10.6 Å². The summed E-state index contributed by atoms with van der Waals surface area (Å²) in [7, 11) is -19.8.